The summed E-state index contributed by atoms with van der Waals surface area (Å²) in [6, 6.07) is 5.47. The maximum atomic E-state index is 9.60. The molecule has 0 spiro atoms. The highest BCUT2D eigenvalue weighted by Gasteiger charge is 2.17. The van der Waals surface area contributed by atoms with Gasteiger partial charge in [-0.05, 0) is 26.0 Å². The molecular formula is C10H16ClNO2. The highest BCUT2D eigenvalue weighted by Crippen LogP contribution is 2.17. The molecule has 80 valence electrons. The maximum absolute atomic E-state index is 9.60. The van der Waals surface area contributed by atoms with Gasteiger partial charge in [-0.3, -0.25) is 4.98 Å². The predicted molar refractivity (Wildman–Crippen MR) is 57.2 cm³/mol. The second kappa shape index (κ2) is 5.96. The Morgan fingerprint density at radius 3 is 2.36 bits per heavy atom. The second-order valence-electron chi connectivity index (χ2n) is 3.21. The molecule has 14 heavy (non-hydrogen) atoms. The van der Waals surface area contributed by atoms with Crippen molar-refractivity contribution in [2.45, 2.75) is 25.3 Å². The van der Waals surface area contributed by atoms with Crippen molar-refractivity contribution in [2.75, 3.05) is 7.11 Å². The molecule has 1 aromatic rings. The van der Waals surface area contributed by atoms with Crippen LogP contribution in [-0.4, -0.2) is 22.3 Å². The zero-order chi connectivity index (χ0) is 11.2. The lowest BCUT2D eigenvalue weighted by molar-refractivity contribution is 0.0737. The minimum Gasteiger partial charge on any atom is -0.400 e. The summed E-state index contributed by atoms with van der Waals surface area (Å²) in [5, 5.41) is 16.6. The van der Waals surface area contributed by atoms with Crippen LogP contribution in [0.25, 0.3) is 0 Å². The van der Waals surface area contributed by atoms with E-state index in [2.05, 4.69) is 4.98 Å². The third kappa shape index (κ3) is 4.05. The predicted octanol–water partition coefficient (Wildman–Crippen LogP) is 1.66. The first-order valence-corrected chi connectivity index (χ1v) is 4.77. The molecule has 0 aliphatic heterocycles. The van der Waals surface area contributed by atoms with Crippen molar-refractivity contribution in [1.82, 2.24) is 4.98 Å². The van der Waals surface area contributed by atoms with Gasteiger partial charge in [0, 0.05) is 7.11 Å². The Kier molecular flexibility index (Phi) is 5.69. The summed E-state index contributed by atoms with van der Waals surface area (Å²) in [6.45, 7) is 3.40. The quantitative estimate of drug-likeness (QED) is 0.741. The Bertz CT molecular complexity index is 271. The largest absolute Gasteiger partial charge is 0.400 e. The molecule has 0 aromatic carbocycles. The normalized spacial score (nSPS) is 10.4. The van der Waals surface area contributed by atoms with Crippen LogP contribution in [-0.2, 0) is 11.5 Å². The molecule has 0 atom stereocenters. The van der Waals surface area contributed by atoms with Crippen molar-refractivity contribution in [2.24, 2.45) is 0 Å². The van der Waals surface area contributed by atoms with Crippen molar-refractivity contribution in [1.29, 1.82) is 0 Å². The third-order valence-corrected chi connectivity index (χ3v) is 1.84. The van der Waals surface area contributed by atoms with E-state index in [1.54, 1.807) is 19.9 Å². The van der Waals surface area contributed by atoms with Crippen LogP contribution in [0.2, 0.25) is 0 Å². The van der Waals surface area contributed by atoms with Crippen LogP contribution >= 0.6 is 11.6 Å². The van der Waals surface area contributed by atoms with Crippen LogP contribution in [0.4, 0.5) is 0 Å². The van der Waals surface area contributed by atoms with Crippen LogP contribution in [0, 0.1) is 0 Å². The van der Waals surface area contributed by atoms with Crippen molar-refractivity contribution >= 4 is 11.6 Å². The molecule has 1 aromatic heterocycles. The van der Waals surface area contributed by atoms with Crippen LogP contribution in [0.1, 0.15) is 25.2 Å². The summed E-state index contributed by atoms with van der Waals surface area (Å²) in [5.74, 6) is 0.379. The Labute approximate surface area is 89.4 Å². The Balaban J connectivity index is 0.000000791. The standard InChI is InChI=1S/C9H12ClNO.CH4O/c1-9(2,12)8-5-3-4-7(6-10)11-8;1-2/h3-5,12H,6H2,1-2H3;2H,1H3. The summed E-state index contributed by atoms with van der Waals surface area (Å²) < 4.78 is 0. The van der Waals surface area contributed by atoms with E-state index in [4.69, 9.17) is 16.7 Å². The second-order valence-corrected chi connectivity index (χ2v) is 3.47. The van der Waals surface area contributed by atoms with E-state index >= 15 is 0 Å². The number of nitrogens with zero attached hydrogens (tertiary/aromatic N) is 1. The Morgan fingerprint density at radius 2 is 1.93 bits per heavy atom. The topological polar surface area (TPSA) is 53.4 Å². The van der Waals surface area contributed by atoms with E-state index in [1.807, 2.05) is 12.1 Å². The average molecular weight is 218 g/mol. The minimum absolute atomic E-state index is 0.379. The number of aromatic nitrogens is 1. The van der Waals surface area contributed by atoms with Crippen molar-refractivity contribution in [3.05, 3.63) is 29.6 Å². The number of aliphatic hydroxyl groups excluding tert-OH is 1. The summed E-state index contributed by atoms with van der Waals surface area (Å²) >= 11 is 5.60. The van der Waals surface area contributed by atoms with Crippen LogP contribution < -0.4 is 0 Å². The summed E-state index contributed by atoms with van der Waals surface area (Å²) in [6.07, 6.45) is 0. The van der Waals surface area contributed by atoms with Gasteiger partial charge < -0.3 is 10.2 Å². The van der Waals surface area contributed by atoms with Gasteiger partial charge in [-0.2, -0.15) is 0 Å². The van der Waals surface area contributed by atoms with Crippen molar-refractivity contribution in [3.8, 4) is 0 Å². The fourth-order valence-electron chi connectivity index (χ4n) is 0.895. The van der Waals surface area contributed by atoms with Crippen LogP contribution in [0.5, 0.6) is 0 Å². The zero-order valence-corrected chi connectivity index (χ0v) is 9.41. The Morgan fingerprint density at radius 1 is 1.36 bits per heavy atom. The number of alkyl halides is 1. The molecule has 2 N–H and O–H groups in total. The highest BCUT2D eigenvalue weighted by molar-refractivity contribution is 6.16. The fourth-order valence-corrected chi connectivity index (χ4v) is 1.04. The molecule has 1 heterocycles. The molecule has 0 radical (unpaired) electrons. The molecule has 0 saturated carbocycles. The van der Waals surface area contributed by atoms with E-state index < -0.39 is 5.60 Å². The third-order valence-electron chi connectivity index (χ3n) is 1.57. The monoisotopic (exact) mass is 217 g/mol. The lowest BCUT2D eigenvalue weighted by Crippen LogP contribution is -2.17. The molecule has 3 nitrogen and oxygen atoms in total. The van der Waals surface area contributed by atoms with Gasteiger partial charge in [0.2, 0.25) is 0 Å². The molecule has 4 heteroatoms. The molecule has 0 unspecified atom stereocenters. The highest BCUT2D eigenvalue weighted by atomic mass is 35.5. The minimum atomic E-state index is -0.887. The number of halogens is 1. The van der Waals surface area contributed by atoms with Gasteiger partial charge in [-0.15, -0.1) is 11.6 Å². The number of pyridine rings is 1. The molecule has 0 fully saturated rings. The van der Waals surface area contributed by atoms with Crippen molar-refractivity contribution in [3.63, 3.8) is 0 Å². The first-order chi connectivity index (χ1) is 6.54. The molecule has 0 bridgehead atoms. The fraction of sp³-hybridized carbons (Fsp3) is 0.500. The molecule has 1 rings (SSSR count). The maximum Gasteiger partial charge on any atom is 0.101 e. The van der Waals surface area contributed by atoms with E-state index in [1.165, 1.54) is 0 Å². The summed E-state index contributed by atoms with van der Waals surface area (Å²) in [4.78, 5) is 4.18. The number of hydrogen-bond acceptors (Lipinski definition) is 3. The van der Waals surface area contributed by atoms with Gasteiger partial charge in [0.15, 0.2) is 0 Å². The van der Waals surface area contributed by atoms with E-state index in [9.17, 15) is 5.11 Å². The molecule has 0 aliphatic carbocycles. The summed E-state index contributed by atoms with van der Waals surface area (Å²) in [7, 11) is 1.00. The van der Waals surface area contributed by atoms with Gasteiger partial charge in [0.1, 0.15) is 5.60 Å². The first-order valence-electron chi connectivity index (χ1n) is 4.23. The molecule has 0 saturated heterocycles. The lowest BCUT2D eigenvalue weighted by Gasteiger charge is -2.16. The molecule has 0 amide bonds. The van der Waals surface area contributed by atoms with Gasteiger partial charge in [0.05, 0.1) is 17.3 Å². The van der Waals surface area contributed by atoms with E-state index in [-0.39, 0.29) is 0 Å². The van der Waals surface area contributed by atoms with Gasteiger partial charge >= 0.3 is 0 Å². The van der Waals surface area contributed by atoms with Gasteiger partial charge in [0.25, 0.3) is 0 Å². The first kappa shape index (κ1) is 13.4. The van der Waals surface area contributed by atoms with Crippen LogP contribution in [0.15, 0.2) is 18.2 Å². The number of aliphatic hydroxyl groups is 2. The molecular weight excluding hydrogens is 202 g/mol. The van der Waals surface area contributed by atoms with Gasteiger partial charge in [-0.25, -0.2) is 0 Å². The Hall–Kier alpha value is -0.640. The van der Waals surface area contributed by atoms with E-state index in [0.29, 0.717) is 11.6 Å². The SMILES string of the molecule is CC(C)(O)c1cccc(CCl)n1.CO. The zero-order valence-electron chi connectivity index (χ0n) is 8.66. The number of rotatable bonds is 2. The molecule has 0 aliphatic rings. The van der Waals surface area contributed by atoms with Gasteiger partial charge in [-0.1, -0.05) is 6.07 Å². The lowest BCUT2D eigenvalue weighted by atomic mass is 10.0. The number of hydrogen-bond donors (Lipinski definition) is 2. The van der Waals surface area contributed by atoms with Crippen molar-refractivity contribution < 1.29 is 10.2 Å². The van der Waals surface area contributed by atoms with Crippen LogP contribution in [0.3, 0.4) is 0 Å². The van der Waals surface area contributed by atoms with E-state index in [0.717, 1.165) is 12.8 Å². The smallest absolute Gasteiger partial charge is 0.101 e. The average Bonchev–Trinajstić information content (AvgIpc) is 2.20. The summed E-state index contributed by atoms with van der Waals surface area (Å²) in [5.41, 5.74) is 0.555.